The maximum absolute atomic E-state index is 3.54. The van der Waals surface area contributed by atoms with Crippen molar-refractivity contribution >= 4 is 0 Å². The molecule has 0 atom stereocenters. The number of nitrogens with zero attached hydrogens (tertiary/aromatic N) is 1. The van der Waals surface area contributed by atoms with Gasteiger partial charge in [-0.2, -0.15) is 0 Å². The summed E-state index contributed by atoms with van der Waals surface area (Å²) in [5.41, 5.74) is 0.274. The van der Waals surface area contributed by atoms with E-state index in [2.05, 4.69) is 44.8 Å². The van der Waals surface area contributed by atoms with E-state index in [9.17, 15) is 0 Å². The molecule has 0 fully saturated rings. The Kier molecular flexibility index (Phi) is 9.85. The van der Waals surface area contributed by atoms with E-state index in [1.807, 2.05) is 0 Å². The fourth-order valence-electron chi connectivity index (χ4n) is 1.91. The topological polar surface area (TPSA) is 15.3 Å². The zero-order valence-corrected chi connectivity index (χ0v) is 12.8. The van der Waals surface area contributed by atoms with Gasteiger partial charge in [0.2, 0.25) is 0 Å². The first-order valence-electron chi connectivity index (χ1n) is 7.47. The van der Waals surface area contributed by atoms with Gasteiger partial charge in [-0.3, -0.25) is 0 Å². The summed E-state index contributed by atoms with van der Waals surface area (Å²) >= 11 is 0. The molecule has 0 bridgehead atoms. The molecule has 17 heavy (non-hydrogen) atoms. The van der Waals surface area contributed by atoms with Crippen LogP contribution in [0.3, 0.4) is 0 Å². The lowest BCUT2D eigenvalue weighted by Gasteiger charge is -2.21. The fraction of sp³-hybridized carbons (Fsp3) is 1.00. The maximum atomic E-state index is 3.54. The number of nitrogens with one attached hydrogen (secondary N) is 1. The largest absolute Gasteiger partial charge is 0.312 e. The van der Waals surface area contributed by atoms with Crippen molar-refractivity contribution < 1.29 is 0 Å². The number of hydrogen-bond acceptors (Lipinski definition) is 2. The van der Waals surface area contributed by atoms with Crippen molar-refractivity contribution in [2.75, 3.05) is 26.2 Å². The first-order chi connectivity index (χ1) is 7.99. The third-order valence-corrected chi connectivity index (χ3v) is 3.08. The predicted octanol–water partition coefficient (Wildman–Crippen LogP) is 3.67. The number of hydrogen-bond donors (Lipinski definition) is 1. The van der Waals surface area contributed by atoms with Crippen LogP contribution in [0.15, 0.2) is 0 Å². The highest BCUT2D eigenvalue weighted by atomic mass is 15.1. The lowest BCUT2D eigenvalue weighted by atomic mass is 10.1. The molecule has 0 aromatic heterocycles. The summed E-state index contributed by atoms with van der Waals surface area (Å²) in [4.78, 5) is 2.58. The summed E-state index contributed by atoms with van der Waals surface area (Å²) in [6.45, 7) is 16.2. The van der Waals surface area contributed by atoms with E-state index in [0.717, 1.165) is 6.54 Å². The highest BCUT2D eigenvalue weighted by molar-refractivity contribution is 4.69. The van der Waals surface area contributed by atoms with E-state index in [-0.39, 0.29) is 5.54 Å². The Labute approximate surface area is 109 Å². The van der Waals surface area contributed by atoms with Gasteiger partial charge < -0.3 is 10.2 Å². The normalized spacial score (nSPS) is 12.4. The van der Waals surface area contributed by atoms with Crippen LogP contribution in [-0.4, -0.2) is 36.6 Å². The van der Waals surface area contributed by atoms with E-state index in [1.165, 1.54) is 51.7 Å². The third-order valence-electron chi connectivity index (χ3n) is 3.08. The SMILES string of the molecule is CCCCN(CC)CCCCCNC(C)(C)C. The highest BCUT2D eigenvalue weighted by Gasteiger charge is 2.07. The summed E-state index contributed by atoms with van der Waals surface area (Å²) in [7, 11) is 0. The Hall–Kier alpha value is -0.0800. The molecule has 0 aromatic rings. The molecule has 0 radical (unpaired) electrons. The smallest absolute Gasteiger partial charge is 0.00965 e. The molecule has 0 aliphatic rings. The van der Waals surface area contributed by atoms with Gasteiger partial charge in [0.25, 0.3) is 0 Å². The molecule has 2 nitrogen and oxygen atoms in total. The van der Waals surface area contributed by atoms with E-state index in [0.29, 0.717) is 0 Å². The van der Waals surface area contributed by atoms with Crippen molar-refractivity contribution in [1.82, 2.24) is 10.2 Å². The van der Waals surface area contributed by atoms with Gasteiger partial charge in [0.1, 0.15) is 0 Å². The molecule has 104 valence electrons. The van der Waals surface area contributed by atoms with Crippen molar-refractivity contribution in [3.05, 3.63) is 0 Å². The van der Waals surface area contributed by atoms with Crippen LogP contribution in [-0.2, 0) is 0 Å². The van der Waals surface area contributed by atoms with Crippen molar-refractivity contribution in [3.8, 4) is 0 Å². The molecule has 2 heteroatoms. The lowest BCUT2D eigenvalue weighted by Crippen LogP contribution is -2.36. The van der Waals surface area contributed by atoms with Gasteiger partial charge in [-0.15, -0.1) is 0 Å². The molecule has 0 unspecified atom stereocenters. The Balaban J connectivity index is 3.36. The molecule has 0 rings (SSSR count). The second-order valence-corrected chi connectivity index (χ2v) is 6.03. The van der Waals surface area contributed by atoms with Crippen molar-refractivity contribution in [2.24, 2.45) is 0 Å². The Morgan fingerprint density at radius 3 is 2.06 bits per heavy atom. The number of rotatable bonds is 10. The minimum atomic E-state index is 0.274. The van der Waals surface area contributed by atoms with Gasteiger partial charge >= 0.3 is 0 Å². The molecule has 1 N–H and O–H groups in total. The van der Waals surface area contributed by atoms with Crippen LogP contribution in [0.25, 0.3) is 0 Å². The van der Waals surface area contributed by atoms with Gasteiger partial charge in [0.05, 0.1) is 0 Å². The summed E-state index contributed by atoms with van der Waals surface area (Å²) in [6.07, 6.45) is 6.67. The quantitative estimate of drug-likeness (QED) is 0.588. The third kappa shape index (κ3) is 12.2. The summed E-state index contributed by atoms with van der Waals surface area (Å²) < 4.78 is 0. The Morgan fingerprint density at radius 2 is 1.53 bits per heavy atom. The van der Waals surface area contributed by atoms with Crippen LogP contribution in [0, 0.1) is 0 Å². The zero-order chi connectivity index (χ0) is 13.1. The van der Waals surface area contributed by atoms with Crippen LogP contribution in [0.4, 0.5) is 0 Å². The fourth-order valence-corrected chi connectivity index (χ4v) is 1.91. The van der Waals surface area contributed by atoms with Crippen LogP contribution in [0.2, 0.25) is 0 Å². The van der Waals surface area contributed by atoms with E-state index in [4.69, 9.17) is 0 Å². The monoisotopic (exact) mass is 242 g/mol. The predicted molar refractivity (Wildman–Crippen MR) is 78.6 cm³/mol. The van der Waals surface area contributed by atoms with E-state index >= 15 is 0 Å². The van der Waals surface area contributed by atoms with Gasteiger partial charge in [-0.05, 0) is 66.2 Å². The first-order valence-corrected chi connectivity index (χ1v) is 7.47. The minimum Gasteiger partial charge on any atom is -0.312 e. The maximum Gasteiger partial charge on any atom is 0.00965 e. The van der Waals surface area contributed by atoms with Gasteiger partial charge in [0, 0.05) is 5.54 Å². The molecular weight excluding hydrogens is 208 g/mol. The zero-order valence-electron chi connectivity index (χ0n) is 12.8. The molecule has 0 aliphatic carbocycles. The van der Waals surface area contributed by atoms with Crippen molar-refractivity contribution in [2.45, 2.75) is 72.3 Å². The summed E-state index contributed by atoms with van der Waals surface area (Å²) in [5, 5.41) is 3.54. The van der Waals surface area contributed by atoms with Gasteiger partial charge in [-0.1, -0.05) is 26.7 Å². The molecule has 0 amide bonds. The molecular formula is C15H34N2. The Bertz CT molecular complexity index is 161. The second-order valence-electron chi connectivity index (χ2n) is 6.03. The molecule has 0 aliphatic heterocycles. The van der Waals surface area contributed by atoms with Gasteiger partial charge in [-0.25, -0.2) is 0 Å². The van der Waals surface area contributed by atoms with Gasteiger partial charge in [0.15, 0.2) is 0 Å². The van der Waals surface area contributed by atoms with E-state index < -0.39 is 0 Å². The minimum absolute atomic E-state index is 0.274. The molecule has 0 aromatic carbocycles. The average Bonchev–Trinajstić information content (AvgIpc) is 2.25. The standard InChI is InChI=1S/C15H34N2/c1-6-8-13-17(7-2)14-11-9-10-12-16-15(3,4)5/h16H,6-14H2,1-5H3. The molecule has 0 saturated carbocycles. The molecule has 0 spiro atoms. The first kappa shape index (κ1) is 16.9. The van der Waals surface area contributed by atoms with Crippen LogP contribution in [0.5, 0.6) is 0 Å². The van der Waals surface area contributed by atoms with Crippen LogP contribution in [0.1, 0.15) is 66.7 Å². The molecule has 0 saturated heterocycles. The Morgan fingerprint density at radius 1 is 0.882 bits per heavy atom. The van der Waals surface area contributed by atoms with Crippen LogP contribution >= 0.6 is 0 Å². The summed E-state index contributed by atoms with van der Waals surface area (Å²) in [6, 6.07) is 0. The summed E-state index contributed by atoms with van der Waals surface area (Å²) in [5.74, 6) is 0. The van der Waals surface area contributed by atoms with E-state index in [1.54, 1.807) is 0 Å². The van der Waals surface area contributed by atoms with Crippen LogP contribution < -0.4 is 5.32 Å². The van der Waals surface area contributed by atoms with Crippen molar-refractivity contribution in [1.29, 1.82) is 0 Å². The molecule has 0 heterocycles. The number of unbranched alkanes of at least 4 members (excludes halogenated alkanes) is 3. The van der Waals surface area contributed by atoms with Crippen molar-refractivity contribution in [3.63, 3.8) is 0 Å². The second kappa shape index (κ2) is 9.90. The lowest BCUT2D eigenvalue weighted by molar-refractivity contribution is 0.275. The highest BCUT2D eigenvalue weighted by Crippen LogP contribution is 2.03. The average molecular weight is 242 g/mol.